The maximum absolute atomic E-state index is 13.0. The van der Waals surface area contributed by atoms with Gasteiger partial charge in [0, 0.05) is 38.9 Å². The van der Waals surface area contributed by atoms with E-state index in [0.29, 0.717) is 31.6 Å². The smallest absolute Gasteiger partial charge is 0.278 e. The zero-order chi connectivity index (χ0) is 20.5. The number of ether oxygens (including phenoxy) is 1. The average Bonchev–Trinajstić information content (AvgIpc) is 2.76. The van der Waals surface area contributed by atoms with E-state index in [4.69, 9.17) is 4.74 Å². The van der Waals surface area contributed by atoms with Crippen molar-refractivity contribution in [2.45, 2.75) is 6.92 Å². The molecule has 4 rings (SSSR count). The molecule has 0 atom stereocenters. The zero-order valence-corrected chi connectivity index (χ0v) is 16.9. The highest BCUT2D eigenvalue weighted by Gasteiger charge is 2.26. The molecule has 1 aliphatic heterocycles. The number of anilines is 1. The topological polar surface area (TPSA) is 67.7 Å². The van der Waals surface area contributed by atoms with E-state index in [1.807, 2.05) is 49.4 Å². The maximum atomic E-state index is 13.0. The SMILES string of the molecule is COc1ccc(N2CCN(C(=O)c3nn(C)c4ccc(C)cc4c3=O)CC2)cc1. The Bertz CT molecular complexity index is 1110. The largest absolute Gasteiger partial charge is 0.497 e. The number of fused-ring (bicyclic) bond motifs is 1. The molecule has 150 valence electrons. The molecule has 29 heavy (non-hydrogen) atoms. The van der Waals surface area contributed by atoms with Crippen LogP contribution in [0, 0.1) is 6.92 Å². The molecule has 0 aliphatic carbocycles. The monoisotopic (exact) mass is 392 g/mol. The van der Waals surface area contributed by atoms with Crippen LogP contribution in [0.25, 0.3) is 10.9 Å². The molecule has 0 saturated carbocycles. The van der Waals surface area contributed by atoms with Crippen LogP contribution in [0.15, 0.2) is 47.3 Å². The molecule has 1 aromatic heterocycles. The lowest BCUT2D eigenvalue weighted by Crippen LogP contribution is -2.50. The van der Waals surface area contributed by atoms with Crippen LogP contribution in [0.5, 0.6) is 5.75 Å². The molecular formula is C22H24N4O3. The summed E-state index contributed by atoms with van der Waals surface area (Å²) in [5, 5.41) is 4.82. The van der Waals surface area contributed by atoms with Gasteiger partial charge in [0.25, 0.3) is 5.91 Å². The van der Waals surface area contributed by atoms with Crippen molar-refractivity contribution in [3.63, 3.8) is 0 Å². The van der Waals surface area contributed by atoms with Crippen LogP contribution in [0.3, 0.4) is 0 Å². The molecule has 7 nitrogen and oxygen atoms in total. The number of nitrogens with zero attached hydrogens (tertiary/aromatic N) is 4. The second kappa shape index (κ2) is 7.58. The summed E-state index contributed by atoms with van der Waals surface area (Å²) < 4.78 is 6.81. The first-order chi connectivity index (χ1) is 14.0. The van der Waals surface area contributed by atoms with Crippen LogP contribution in [0.2, 0.25) is 0 Å². The Morgan fingerprint density at radius 2 is 1.72 bits per heavy atom. The number of amides is 1. The molecule has 3 aromatic rings. The molecule has 2 aromatic carbocycles. The lowest BCUT2D eigenvalue weighted by Gasteiger charge is -2.36. The fourth-order valence-electron chi connectivity index (χ4n) is 3.74. The Kier molecular flexibility index (Phi) is 4.96. The Morgan fingerprint density at radius 1 is 1.03 bits per heavy atom. The number of aryl methyl sites for hydroxylation is 2. The molecule has 0 spiro atoms. The quantitative estimate of drug-likeness (QED) is 0.684. The van der Waals surface area contributed by atoms with Crippen molar-refractivity contribution < 1.29 is 9.53 Å². The van der Waals surface area contributed by atoms with E-state index in [0.717, 1.165) is 22.5 Å². The molecule has 1 aliphatic rings. The van der Waals surface area contributed by atoms with Gasteiger partial charge in [-0.05, 0) is 43.3 Å². The van der Waals surface area contributed by atoms with Crippen LogP contribution in [0.1, 0.15) is 16.1 Å². The maximum Gasteiger partial charge on any atom is 0.278 e. The average molecular weight is 392 g/mol. The molecule has 0 N–H and O–H groups in total. The molecule has 1 fully saturated rings. The number of hydrogen-bond acceptors (Lipinski definition) is 5. The molecule has 1 amide bonds. The van der Waals surface area contributed by atoms with Gasteiger partial charge in [-0.2, -0.15) is 5.10 Å². The Hall–Kier alpha value is -3.35. The first-order valence-electron chi connectivity index (χ1n) is 9.64. The van der Waals surface area contributed by atoms with E-state index in [2.05, 4.69) is 10.00 Å². The van der Waals surface area contributed by atoms with E-state index in [1.54, 1.807) is 23.7 Å². The second-order valence-electron chi connectivity index (χ2n) is 7.30. The van der Waals surface area contributed by atoms with Crippen molar-refractivity contribution >= 4 is 22.5 Å². The highest BCUT2D eigenvalue weighted by Crippen LogP contribution is 2.21. The van der Waals surface area contributed by atoms with Crippen LogP contribution in [-0.2, 0) is 7.05 Å². The predicted octanol–water partition coefficient (Wildman–Crippen LogP) is 2.21. The first-order valence-corrected chi connectivity index (χ1v) is 9.64. The van der Waals surface area contributed by atoms with Gasteiger partial charge in [-0.3, -0.25) is 14.3 Å². The summed E-state index contributed by atoms with van der Waals surface area (Å²) in [6.45, 7) is 4.42. The van der Waals surface area contributed by atoms with Crippen molar-refractivity contribution in [3.8, 4) is 5.75 Å². The lowest BCUT2D eigenvalue weighted by molar-refractivity contribution is 0.0737. The number of aromatic nitrogens is 2. The number of carbonyl (C=O) groups excluding carboxylic acids is 1. The summed E-state index contributed by atoms with van der Waals surface area (Å²) in [7, 11) is 3.40. The number of carbonyl (C=O) groups is 1. The van der Waals surface area contributed by atoms with Gasteiger partial charge in [-0.25, -0.2) is 0 Å². The van der Waals surface area contributed by atoms with E-state index in [1.165, 1.54) is 0 Å². The number of rotatable bonds is 3. The number of benzene rings is 2. The summed E-state index contributed by atoms with van der Waals surface area (Å²) in [6.07, 6.45) is 0. The molecule has 0 radical (unpaired) electrons. The fraction of sp³-hybridized carbons (Fsp3) is 0.318. The summed E-state index contributed by atoms with van der Waals surface area (Å²) in [4.78, 5) is 29.9. The first kappa shape index (κ1) is 19.0. The van der Waals surface area contributed by atoms with Crippen LogP contribution in [0.4, 0.5) is 5.69 Å². The summed E-state index contributed by atoms with van der Waals surface area (Å²) in [6, 6.07) is 13.5. The molecule has 2 heterocycles. The van der Waals surface area contributed by atoms with Gasteiger partial charge in [-0.15, -0.1) is 0 Å². The summed E-state index contributed by atoms with van der Waals surface area (Å²) in [5.74, 6) is 0.513. The summed E-state index contributed by atoms with van der Waals surface area (Å²) >= 11 is 0. The van der Waals surface area contributed by atoms with Gasteiger partial charge in [0.1, 0.15) is 5.75 Å². The number of methoxy groups -OCH3 is 1. The number of piperazine rings is 1. The third kappa shape index (κ3) is 3.55. The van der Waals surface area contributed by atoms with Gasteiger partial charge in [-0.1, -0.05) is 11.6 Å². The van der Waals surface area contributed by atoms with E-state index in [9.17, 15) is 9.59 Å². The molecule has 0 bridgehead atoms. The van der Waals surface area contributed by atoms with Crippen molar-refractivity contribution in [2.24, 2.45) is 7.05 Å². The molecule has 1 saturated heterocycles. The van der Waals surface area contributed by atoms with Gasteiger partial charge in [0.2, 0.25) is 5.43 Å². The molecule has 0 unspecified atom stereocenters. The molecular weight excluding hydrogens is 368 g/mol. The van der Waals surface area contributed by atoms with Crippen molar-refractivity contribution in [1.82, 2.24) is 14.7 Å². The van der Waals surface area contributed by atoms with E-state index >= 15 is 0 Å². The zero-order valence-electron chi connectivity index (χ0n) is 16.9. The minimum atomic E-state index is -0.302. The van der Waals surface area contributed by atoms with Crippen LogP contribution < -0.4 is 15.1 Å². The third-order valence-corrected chi connectivity index (χ3v) is 5.42. The third-order valence-electron chi connectivity index (χ3n) is 5.42. The van der Waals surface area contributed by atoms with Gasteiger partial charge < -0.3 is 14.5 Å². The Labute approximate surface area is 169 Å². The highest BCUT2D eigenvalue weighted by molar-refractivity contribution is 5.95. The second-order valence-corrected chi connectivity index (χ2v) is 7.30. The predicted molar refractivity (Wildman–Crippen MR) is 113 cm³/mol. The Morgan fingerprint density at radius 3 is 2.38 bits per heavy atom. The van der Waals surface area contributed by atoms with Crippen LogP contribution >= 0.6 is 0 Å². The van der Waals surface area contributed by atoms with E-state index < -0.39 is 0 Å². The minimum absolute atomic E-state index is 0.0107. The fourth-order valence-corrected chi connectivity index (χ4v) is 3.74. The Balaban J connectivity index is 1.54. The normalized spacial score (nSPS) is 14.3. The highest BCUT2D eigenvalue weighted by atomic mass is 16.5. The van der Waals surface area contributed by atoms with Crippen LogP contribution in [-0.4, -0.2) is 53.9 Å². The minimum Gasteiger partial charge on any atom is -0.497 e. The number of hydrogen-bond donors (Lipinski definition) is 0. The standard InChI is InChI=1S/C22H24N4O3/c1-15-4-9-19-18(14-15)21(27)20(23-24(19)2)22(28)26-12-10-25(11-13-26)16-5-7-17(29-3)8-6-16/h4-9,14H,10-13H2,1-3H3. The van der Waals surface area contributed by atoms with Crippen molar-refractivity contribution in [2.75, 3.05) is 38.2 Å². The lowest BCUT2D eigenvalue weighted by atomic mass is 10.1. The molecule has 7 heteroatoms. The van der Waals surface area contributed by atoms with Gasteiger partial charge in [0.15, 0.2) is 5.69 Å². The van der Waals surface area contributed by atoms with E-state index in [-0.39, 0.29) is 17.0 Å². The van der Waals surface area contributed by atoms with Gasteiger partial charge >= 0.3 is 0 Å². The van der Waals surface area contributed by atoms with Gasteiger partial charge in [0.05, 0.1) is 18.0 Å². The van der Waals surface area contributed by atoms with Crippen molar-refractivity contribution in [3.05, 3.63) is 63.9 Å². The summed E-state index contributed by atoms with van der Waals surface area (Å²) in [5.41, 5.74) is 2.48. The van der Waals surface area contributed by atoms with Crippen molar-refractivity contribution in [1.29, 1.82) is 0 Å².